The summed E-state index contributed by atoms with van der Waals surface area (Å²) in [5.41, 5.74) is 15.2. The summed E-state index contributed by atoms with van der Waals surface area (Å²) in [6, 6.07) is 48.4. The van der Waals surface area contributed by atoms with E-state index >= 15 is 0 Å². The smallest absolute Gasteiger partial charge is 0.466 e. The first-order valence-electron chi connectivity index (χ1n) is 24.5. The molecule has 0 unspecified atom stereocenters. The van der Waals surface area contributed by atoms with Gasteiger partial charge in [0, 0.05) is 102 Å². The van der Waals surface area contributed by atoms with E-state index in [0.717, 1.165) is 67.5 Å². The summed E-state index contributed by atoms with van der Waals surface area (Å²) < 4.78 is 43.9. The van der Waals surface area contributed by atoms with Crippen LogP contribution in [0.5, 0.6) is 0 Å². The molecule has 6 aromatic carbocycles. The van der Waals surface area contributed by atoms with E-state index in [-0.39, 0.29) is 38.0 Å². The van der Waals surface area contributed by atoms with Crippen LogP contribution in [0.1, 0.15) is 59.1 Å². The quantitative estimate of drug-likeness (QED) is 0.0278. The SMILES string of the molecule is CO[Si](CCCOC(=O)CCc1ccc(N(c2ccc(C)cc2)c2ccc(-c3ccc(N(c4ccc(C)cc4)c4ccc(CCC(=O)OCCC[Si](OC)(OC)OC)cc4)c(C)c3)cc2C)cc1)(OC)OC. The van der Waals surface area contributed by atoms with Gasteiger partial charge in [0.1, 0.15) is 0 Å². The van der Waals surface area contributed by atoms with Crippen molar-refractivity contribution in [1.82, 2.24) is 0 Å². The van der Waals surface area contributed by atoms with E-state index in [1.165, 1.54) is 11.1 Å². The topological polar surface area (TPSA) is 114 Å². The highest BCUT2D eigenvalue weighted by Gasteiger charge is 2.38. The summed E-state index contributed by atoms with van der Waals surface area (Å²) in [5, 5.41) is 0. The Morgan fingerprint density at radius 3 is 1.01 bits per heavy atom. The monoisotopic (exact) mass is 1010 g/mol. The molecule has 6 aromatic rings. The van der Waals surface area contributed by atoms with Crippen molar-refractivity contribution in [3.63, 3.8) is 0 Å². The molecule has 0 aliphatic rings. The summed E-state index contributed by atoms with van der Waals surface area (Å²) in [7, 11) is 4.08. The molecule has 0 radical (unpaired) electrons. The maximum Gasteiger partial charge on any atom is 0.500 e. The largest absolute Gasteiger partial charge is 0.500 e. The number of rotatable bonds is 27. The fourth-order valence-corrected chi connectivity index (χ4v) is 12.1. The molecule has 0 aliphatic heterocycles. The van der Waals surface area contributed by atoms with Gasteiger partial charge in [0.15, 0.2) is 0 Å². The van der Waals surface area contributed by atoms with Gasteiger partial charge in [-0.2, -0.15) is 0 Å². The minimum Gasteiger partial charge on any atom is -0.466 e. The van der Waals surface area contributed by atoms with Crippen LogP contribution in [0, 0.1) is 27.7 Å². The Morgan fingerprint density at radius 1 is 0.417 bits per heavy atom. The van der Waals surface area contributed by atoms with Gasteiger partial charge in [0.25, 0.3) is 0 Å². The van der Waals surface area contributed by atoms with Crippen LogP contribution >= 0.6 is 0 Å². The van der Waals surface area contributed by atoms with Crippen molar-refractivity contribution in [2.75, 3.05) is 65.7 Å². The lowest BCUT2D eigenvalue weighted by atomic mass is 9.98. The molecular weight excluding hydrogens is 941 g/mol. The number of esters is 2. The first-order chi connectivity index (χ1) is 34.8. The zero-order chi connectivity index (χ0) is 51.7. The molecule has 0 saturated heterocycles. The van der Waals surface area contributed by atoms with Crippen LogP contribution in [0.25, 0.3) is 11.1 Å². The Balaban J connectivity index is 1.15. The predicted molar refractivity (Wildman–Crippen MR) is 291 cm³/mol. The van der Waals surface area contributed by atoms with Gasteiger partial charge in [-0.3, -0.25) is 9.59 Å². The van der Waals surface area contributed by atoms with Gasteiger partial charge in [-0.1, -0.05) is 71.8 Å². The predicted octanol–water partition coefficient (Wildman–Crippen LogP) is 13.0. The van der Waals surface area contributed by atoms with Crippen LogP contribution in [-0.4, -0.2) is 85.4 Å². The molecule has 0 amide bonds. The van der Waals surface area contributed by atoms with Crippen molar-refractivity contribution in [3.8, 4) is 11.1 Å². The summed E-state index contributed by atoms with van der Waals surface area (Å²) in [5.74, 6) is -0.475. The Labute approximate surface area is 429 Å². The molecule has 12 nitrogen and oxygen atoms in total. The van der Waals surface area contributed by atoms with Gasteiger partial charge < -0.3 is 45.8 Å². The zero-order valence-electron chi connectivity index (χ0n) is 43.7. The lowest BCUT2D eigenvalue weighted by Crippen LogP contribution is -2.42. The minimum absolute atomic E-state index is 0.237. The standard InChI is InChI=1S/C58H72N2O10Si2/c1-43-13-25-51(26-14-43)59(53-29-17-47(18-30-53)21-35-57(61)69-37-11-39-71(63-5,64-6)65-7)55-33-23-49(41-45(55)3)50-24-34-56(46(4)42-50)60(52-27-15-44(2)16-28-52)54-31-19-48(20-32-54)22-36-58(62)70-38-12-40-72(66-8,67-9)68-10/h13-20,23-34,41-42H,11-12,21-22,35-40H2,1-10H3. The number of carbonyl (C=O) groups is 2. The Morgan fingerprint density at radius 2 is 0.722 bits per heavy atom. The number of anilines is 6. The summed E-state index contributed by atoms with van der Waals surface area (Å²) >= 11 is 0. The number of hydrogen-bond donors (Lipinski definition) is 0. The van der Waals surface area contributed by atoms with Crippen LogP contribution in [0.15, 0.2) is 133 Å². The number of aryl methyl sites for hydroxylation is 6. The third-order valence-corrected chi connectivity index (χ3v) is 18.7. The molecule has 0 heterocycles. The molecule has 0 aliphatic carbocycles. The average Bonchev–Trinajstić information content (AvgIpc) is 3.40. The van der Waals surface area contributed by atoms with Crippen molar-refractivity contribution in [3.05, 3.63) is 167 Å². The highest BCUT2D eigenvalue weighted by Crippen LogP contribution is 2.41. The van der Waals surface area contributed by atoms with Gasteiger partial charge in [0.05, 0.1) is 13.2 Å². The van der Waals surface area contributed by atoms with Gasteiger partial charge in [-0.05, 0) is 160 Å². The second-order valence-corrected chi connectivity index (χ2v) is 24.1. The molecule has 0 aromatic heterocycles. The van der Waals surface area contributed by atoms with E-state index in [1.54, 1.807) is 42.7 Å². The third-order valence-electron chi connectivity index (χ3n) is 13.1. The van der Waals surface area contributed by atoms with Crippen molar-refractivity contribution < 1.29 is 45.6 Å². The number of hydrogen-bond acceptors (Lipinski definition) is 12. The molecule has 382 valence electrons. The number of carbonyl (C=O) groups excluding carboxylic acids is 2. The van der Waals surface area contributed by atoms with Crippen LogP contribution in [0.2, 0.25) is 12.1 Å². The van der Waals surface area contributed by atoms with E-state index in [0.29, 0.717) is 37.8 Å². The average molecular weight is 1010 g/mol. The summed E-state index contributed by atoms with van der Waals surface area (Å²) in [6.45, 7) is 9.09. The molecule has 0 N–H and O–H groups in total. The van der Waals surface area contributed by atoms with Gasteiger partial charge in [0.2, 0.25) is 0 Å². The number of nitrogens with zero attached hydrogens (tertiary/aromatic N) is 2. The van der Waals surface area contributed by atoms with Crippen molar-refractivity contribution in [2.45, 2.75) is 78.3 Å². The Kier molecular flexibility index (Phi) is 20.5. The molecule has 0 atom stereocenters. The summed E-state index contributed by atoms with van der Waals surface area (Å²) in [6.07, 6.45) is 2.92. The van der Waals surface area contributed by atoms with Crippen LogP contribution < -0.4 is 9.80 Å². The minimum atomic E-state index is -2.70. The van der Waals surface area contributed by atoms with Gasteiger partial charge in [-0.15, -0.1) is 0 Å². The highest BCUT2D eigenvalue weighted by molar-refractivity contribution is 6.60. The molecule has 0 saturated carbocycles. The lowest BCUT2D eigenvalue weighted by Gasteiger charge is -2.28. The third kappa shape index (κ3) is 14.6. The maximum absolute atomic E-state index is 12.7. The van der Waals surface area contributed by atoms with Crippen LogP contribution in [-0.2, 0) is 58.5 Å². The fourth-order valence-electron chi connectivity index (χ4n) is 8.74. The van der Waals surface area contributed by atoms with E-state index in [4.69, 9.17) is 36.0 Å². The molecular formula is C58H72N2O10Si2. The Bertz CT molecular complexity index is 2450. The van der Waals surface area contributed by atoms with Crippen molar-refractivity contribution in [1.29, 1.82) is 0 Å². The van der Waals surface area contributed by atoms with E-state index in [2.05, 4.69) is 171 Å². The van der Waals surface area contributed by atoms with Crippen LogP contribution in [0.3, 0.4) is 0 Å². The number of benzene rings is 6. The lowest BCUT2D eigenvalue weighted by molar-refractivity contribution is -0.144. The highest BCUT2D eigenvalue weighted by atomic mass is 28.4. The molecule has 6 rings (SSSR count). The van der Waals surface area contributed by atoms with Gasteiger partial charge >= 0.3 is 29.5 Å². The van der Waals surface area contributed by atoms with Crippen molar-refractivity contribution >= 4 is 63.7 Å². The first kappa shape index (κ1) is 55.4. The van der Waals surface area contributed by atoms with E-state index in [9.17, 15) is 9.59 Å². The first-order valence-corrected chi connectivity index (χ1v) is 28.4. The molecule has 14 heteroatoms. The second-order valence-electron chi connectivity index (χ2n) is 17.9. The Hall–Kier alpha value is -5.95. The molecule has 0 bridgehead atoms. The fraction of sp³-hybridized carbons (Fsp3) is 0.345. The van der Waals surface area contributed by atoms with Crippen molar-refractivity contribution in [2.24, 2.45) is 0 Å². The second kappa shape index (κ2) is 26.7. The van der Waals surface area contributed by atoms with Gasteiger partial charge in [-0.25, -0.2) is 0 Å². The number of ether oxygens (including phenoxy) is 2. The normalized spacial score (nSPS) is 11.6. The molecule has 0 fully saturated rings. The molecule has 0 spiro atoms. The van der Waals surface area contributed by atoms with E-state index < -0.39 is 17.6 Å². The maximum atomic E-state index is 12.7. The zero-order valence-corrected chi connectivity index (χ0v) is 45.7. The molecule has 72 heavy (non-hydrogen) atoms. The van der Waals surface area contributed by atoms with Crippen LogP contribution in [0.4, 0.5) is 34.1 Å². The van der Waals surface area contributed by atoms with E-state index in [1.807, 2.05) is 0 Å². The summed E-state index contributed by atoms with van der Waals surface area (Å²) in [4.78, 5) is 29.9.